The summed E-state index contributed by atoms with van der Waals surface area (Å²) in [4.78, 5) is 4.77. The Hall–Kier alpha value is -0.410. The van der Waals surface area contributed by atoms with Crippen LogP contribution in [0.2, 0.25) is 0 Å². The van der Waals surface area contributed by atoms with Crippen LogP contribution in [-0.4, -0.2) is 18.6 Å². The summed E-state index contributed by atoms with van der Waals surface area (Å²) in [5.41, 5.74) is 1.26. The van der Waals surface area contributed by atoms with Crippen LogP contribution in [0.3, 0.4) is 0 Å². The van der Waals surface area contributed by atoms with Crippen molar-refractivity contribution in [1.29, 1.82) is 0 Å². The molecule has 0 aliphatic heterocycles. The van der Waals surface area contributed by atoms with Gasteiger partial charge in [-0.15, -0.1) is 11.3 Å². The van der Waals surface area contributed by atoms with Crippen molar-refractivity contribution in [2.45, 2.75) is 40.0 Å². The van der Waals surface area contributed by atoms with Crippen molar-refractivity contribution < 1.29 is 0 Å². The number of likely N-dealkylation sites (N-methyl/N-ethyl adjacent to an activating group) is 1. The number of nitrogens with one attached hydrogen (secondary N) is 1. The number of nitrogens with zero attached hydrogens (tertiary/aromatic N) is 1. The summed E-state index contributed by atoms with van der Waals surface area (Å²) in [6.45, 7) is 10.0. The van der Waals surface area contributed by atoms with Crippen LogP contribution in [0.15, 0.2) is 5.38 Å². The molecule has 0 bridgehead atoms. The van der Waals surface area contributed by atoms with Crippen LogP contribution in [0.4, 0.5) is 0 Å². The van der Waals surface area contributed by atoms with Gasteiger partial charge in [0, 0.05) is 17.8 Å². The Kier molecular flexibility index (Phi) is 5.42. The maximum absolute atomic E-state index is 4.77. The molecule has 16 heavy (non-hydrogen) atoms. The van der Waals surface area contributed by atoms with E-state index < -0.39 is 0 Å². The molecular formula is C13H24N2S. The van der Waals surface area contributed by atoms with Crippen LogP contribution >= 0.6 is 11.3 Å². The number of thiazole rings is 1. The van der Waals surface area contributed by atoms with E-state index in [0.717, 1.165) is 13.0 Å². The summed E-state index contributed by atoms with van der Waals surface area (Å²) in [7, 11) is 2.01. The Morgan fingerprint density at radius 1 is 1.31 bits per heavy atom. The second kappa shape index (κ2) is 6.36. The van der Waals surface area contributed by atoms with E-state index in [1.54, 1.807) is 0 Å². The molecule has 1 aromatic heterocycles. The molecule has 0 amide bonds. The first-order valence-corrected chi connectivity index (χ1v) is 7.01. The molecule has 1 rings (SSSR count). The molecule has 1 atom stereocenters. The van der Waals surface area contributed by atoms with Gasteiger partial charge in [-0.3, -0.25) is 0 Å². The van der Waals surface area contributed by atoms with Gasteiger partial charge in [0.05, 0.1) is 10.7 Å². The van der Waals surface area contributed by atoms with Crippen molar-refractivity contribution >= 4 is 11.3 Å². The van der Waals surface area contributed by atoms with Crippen LogP contribution in [0.1, 0.15) is 44.3 Å². The number of hydrogen-bond donors (Lipinski definition) is 1. The van der Waals surface area contributed by atoms with Gasteiger partial charge in [0.15, 0.2) is 0 Å². The van der Waals surface area contributed by atoms with Gasteiger partial charge in [0.1, 0.15) is 0 Å². The fourth-order valence-electron chi connectivity index (χ4n) is 1.83. The van der Waals surface area contributed by atoms with Crippen molar-refractivity contribution in [2.75, 3.05) is 13.6 Å². The SMILES string of the molecule is CNCC(c1nc(CC(C)C)cs1)C(C)C. The lowest BCUT2D eigenvalue weighted by Crippen LogP contribution is -2.21. The Morgan fingerprint density at radius 2 is 2.00 bits per heavy atom. The predicted octanol–water partition coefficient (Wildman–Crippen LogP) is 3.30. The zero-order valence-corrected chi connectivity index (χ0v) is 11.9. The average molecular weight is 240 g/mol. The van der Waals surface area contributed by atoms with Gasteiger partial charge in [-0.25, -0.2) is 4.98 Å². The quantitative estimate of drug-likeness (QED) is 0.825. The van der Waals surface area contributed by atoms with Gasteiger partial charge in [-0.2, -0.15) is 0 Å². The highest BCUT2D eigenvalue weighted by Gasteiger charge is 2.18. The van der Waals surface area contributed by atoms with E-state index in [4.69, 9.17) is 4.98 Å². The number of rotatable bonds is 6. The fourth-order valence-corrected chi connectivity index (χ4v) is 2.94. The maximum Gasteiger partial charge on any atom is 0.0974 e. The molecule has 1 aromatic rings. The molecule has 2 nitrogen and oxygen atoms in total. The normalized spacial score (nSPS) is 13.7. The molecule has 1 N–H and O–H groups in total. The highest BCUT2D eigenvalue weighted by atomic mass is 32.1. The van der Waals surface area contributed by atoms with Crippen molar-refractivity contribution in [2.24, 2.45) is 11.8 Å². The van der Waals surface area contributed by atoms with E-state index in [2.05, 4.69) is 38.4 Å². The summed E-state index contributed by atoms with van der Waals surface area (Å²) in [6, 6.07) is 0. The first-order chi connectivity index (χ1) is 7.54. The summed E-state index contributed by atoms with van der Waals surface area (Å²) in [5, 5.41) is 6.78. The summed E-state index contributed by atoms with van der Waals surface area (Å²) < 4.78 is 0. The topological polar surface area (TPSA) is 24.9 Å². The standard InChI is InChI=1S/C13H24N2S/c1-9(2)6-11-8-16-13(15-11)12(7-14-5)10(3)4/h8-10,12,14H,6-7H2,1-5H3. The Bertz CT molecular complexity index is 305. The lowest BCUT2D eigenvalue weighted by molar-refractivity contribution is 0.475. The summed E-state index contributed by atoms with van der Waals surface area (Å²) >= 11 is 1.82. The molecule has 0 saturated carbocycles. The van der Waals surface area contributed by atoms with Gasteiger partial charge in [-0.1, -0.05) is 27.7 Å². The monoisotopic (exact) mass is 240 g/mol. The molecule has 0 radical (unpaired) electrons. The Balaban J connectivity index is 2.73. The summed E-state index contributed by atoms with van der Waals surface area (Å²) in [5.74, 6) is 1.89. The summed E-state index contributed by atoms with van der Waals surface area (Å²) in [6.07, 6.45) is 1.10. The maximum atomic E-state index is 4.77. The first-order valence-electron chi connectivity index (χ1n) is 6.13. The number of hydrogen-bond acceptors (Lipinski definition) is 3. The third kappa shape index (κ3) is 3.87. The Morgan fingerprint density at radius 3 is 2.50 bits per heavy atom. The van der Waals surface area contributed by atoms with Crippen molar-refractivity contribution in [1.82, 2.24) is 10.3 Å². The molecule has 0 spiro atoms. The third-order valence-electron chi connectivity index (χ3n) is 2.73. The van der Waals surface area contributed by atoms with Crippen LogP contribution in [-0.2, 0) is 6.42 Å². The number of aromatic nitrogens is 1. The van der Waals surface area contributed by atoms with Crippen molar-refractivity contribution in [3.05, 3.63) is 16.1 Å². The second-order valence-electron chi connectivity index (χ2n) is 5.18. The average Bonchev–Trinajstić information content (AvgIpc) is 2.60. The third-order valence-corrected chi connectivity index (χ3v) is 3.76. The van der Waals surface area contributed by atoms with E-state index >= 15 is 0 Å². The molecule has 3 heteroatoms. The molecule has 92 valence electrons. The molecule has 0 aromatic carbocycles. The smallest absolute Gasteiger partial charge is 0.0974 e. The van der Waals surface area contributed by atoms with Crippen LogP contribution in [0.5, 0.6) is 0 Å². The second-order valence-corrected chi connectivity index (χ2v) is 6.07. The minimum Gasteiger partial charge on any atom is -0.319 e. The van der Waals surface area contributed by atoms with Gasteiger partial charge < -0.3 is 5.32 Å². The van der Waals surface area contributed by atoms with E-state index in [1.807, 2.05) is 18.4 Å². The van der Waals surface area contributed by atoms with E-state index in [0.29, 0.717) is 17.8 Å². The Labute approximate surface area is 103 Å². The molecule has 1 heterocycles. The highest BCUT2D eigenvalue weighted by Crippen LogP contribution is 2.27. The van der Waals surface area contributed by atoms with Gasteiger partial charge in [0.25, 0.3) is 0 Å². The fraction of sp³-hybridized carbons (Fsp3) is 0.769. The van der Waals surface area contributed by atoms with Gasteiger partial charge in [0.2, 0.25) is 0 Å². The molecule has 0 saturated heterocycles. The van der Waals surface area contributed by atoms with Crippen LogP contribution < -0.4 is 5.32 Å². The highest BCUT2D eigenvalue weighted by molar-refractivity contribution is 7.09. The molecule has 0 fully saturated rings. The van der Waals surface area contributed by atoms with Crippen molar-refractivity contribution in [3.63, 3.8) is 0 Å². The molecular weight excluding hydrogens is 216 g/mol. The lowest BCUT2D eigenvalue weighted by atomic mass is 9.96. The zero-order valence-electron chi connectivity index (χ0n) is 11.1. The van der Waals surface area contributed by atoms with Gasteiger partial charge >= 0.3 is 0 Å². The minimum absolute atomic E-state index is 0.552. The van der Waals surface area contributed by atoms with Crippen LogP contribution in [0.25, 0.3) is 0 Å². The molecule has 0 aliphatic rings. The predicted molar refractivity (Wildman–Crippen MR) is 72.2 cm³/mol. The van der Waals surface area contributed by atoms with E-state index in [1.165, 1.54) is 10.7 Å². The zero-order chi connectivity index (χ0) is 12.1. The van der Waals surface area contributed by atoms with Gasteiger partial charge in [-0.05, 0) is 25.3 Å². The molecule has 1 unspecified atom stereocenters. The van der Waals surface area contributed by atoms with E-state index in [-0.39, 0.29) is 0 Å². The van der Waals surface area contributed by atoms with Crippen molar-refractivity contribution in [3.8, 4) is 0 Å². The molecule has 0 aliphatic carbocycles. The lowest BCUT2D eigenvalue weighted by Gasteiger charge is -2.17. The largest absolute Gasteiger partial charge is 0.319 e. The minimum atomic E-state index is 0.552. The van der Waals surface area contributed by atoms with E-state index in [9.17, 15) is 0 Å². The van der Waals surface area contributed by atoms with Crippen LogP contribution in [0, 0.1) is 11.8 Å². The first kappa shape index (κ1) is 13.7.